The zero-order valence-electron chi connectivity index (χ0n) is 16.3. The highest BCUT2D eigenvalue weighted by molar-refractivity contribution is 5.40. The Morgan fingerprint density at radius 1 is 0.679 bits per heavy atom. The SMILES string of the molecule is COc1ccc(C2(O)C3Cc4ccccc4CC2Cc2ccccc2C3)cc1. The molecule has 0 atom stereocenters. The molecule has 2 heteroatoms. The van der Waals surface area contributed by atoms with Gasteiger partial charge in [-0.25, -0.2) is 0 Å². The van der Waals surface area contributed by atoms with Gasteiger partial charge in [0.15, 0.2) is 0 Å². The van der Waals surface area contributed by atoms with E-state index in [0.29, 0.717) is 0 Å². The normalized spacial score (nSPS) is 25.8. The molecule has 3 aromatic rings. The van der Waals surface area contributed by atoms with Gasteiger partial charge in [-0.15, -0.1) is 0 Å². The van der Waals surface area contributed by atoms with Gasteiger partial charge in [0, 0.05) is 11.8 Å². The first-order valence-electron chi connectivity index (χ1n) is 10.2. The van der Waals surface area contributed by atoms with Crippen LogP contribution in [0.4, 0.5) is 0 Å². The van der Waals surface area contributed by atoms with Crippen molar-refractivity contribution in [1.82, 2.24) is 0 Å². The molecule has 0 fully saturated rings. The molecule has 0 radical (unpaired) electrons. The second-order valence-corrected chi connectivity index (χ2v) is 8.30. The van der Waals surface area contributed by atoms with Gasteiger partial charge in [-0.2, -0.15) is 0 Å². The molecule has 0 amide bonds. The van der Waals surface area contributed by atoms with Crippen LogP contribution in [-0.4, -0.2) is 12.2 Å². The van der Waals surface area contributed by atoms with Crippen molar-refractivity contribution in [3.63, 3.8) is 0 Å². The third kappa shape index (κ3) is 2.75. The fourth-order valence-electron chi connectivity index (χ4n) is 5.40. The average Bonchev–Trinajstić information content (AvgIpc) is 2.93. The summed E-state index contributed by atoms with van der Waals surface area (Å²) in [7, 11) is 1.68. The lowest BCUT2D eigenvalue weighted by Crippen LogP contribution is -2.43. The van der Waals surface area contributed by atoms with Crippen LogP contribution in [0.3, 0.4) is 0 Å². The van der Waals surface area contributed by atoms with Gasteiger partial charge in [-0.3, -0.25) is 0 Å². The van der Waals surface area contributed by atoms with E-state index in [2.05, 4.69) is 60.7 Å². The van der Waals surface area contributed by atoms with Crippen molar-refractivity contribution in [1.29, 1.82) is 0 Å². The maximum absolute atomic E-state index is 12.3. The van der Waals surface area contributed by atoms with Gasteiger partial charge in [0.05, 0.1) is 12.7 Å². The predicted molar refractivity (Wildman–Crippen MR) is 112 cm³/mol. The summed E-state index contributed by atoms with van der Waals surface area (Å²) in [5.74, 6) is 1.13. The second kappa shape index (κ2) is 6.79. The number of rotatable bonds is 2. The van der Waals surface area contributed by atoms with Crippen molar-refractivity contribution in [2.45, 2.75) is 31.3 Å². The van der Waals surface area contributed by atoms with Crippen molar-refractivity contribution in [2.75, 3.05) is 7.11 Å². The first-order valence-corrected chi connectivity index (χ1v) is 10.2. The van der Waals surface area contributed by atoms with Gasteiger partial charge in [-0.05, 0) is 65.6 Å². The zero-order valence-corrected chi connectivity index (χ0v) is 16.3. The summed E-state index contributed by atoms with van der Waals surface area (Å²) in [6, 6.07) is 25.6. The van der Waals surface area contributed by atoms with E-state index in [1.807, 2.05) is 12.1 Å². The predicted octanol–water partition coefficient (Wildman–Crippen LogP) is 4.71. The summed E-state index contributed by atoms with van der Waals surface area (Å²) in [5, 5.41) is 12.3. The molecule has 1 N–H and O–H groups in total. The van der Waals surface area contributed by atoms with Gasteiger partial charge in [-0.1, -0.05) is 60.7 Å². The van der Waals surface area contributed by atoms with Crippen molar-refractivity contribution in [3.8, 4) is 5.75 Å². The largest absolute Gasteiger partial charge is 0.497 e. The van der Waals surface area contributed by atoms with E-state index < -0.39 is 5.60 Å². The first-order chi connectivity index (χ1) is 13.7. The number of fused-ring (bicyclic) bond motifs is 4. The summed E-state index contributed by atoms with van der Waals surface area (Å²) < 4.78 is 5.35. The Morgan fingerprint density at radius 3 is 1.43 bits per heavy atom. The van der Waals surface area contributed by atoms with Gasteiger partial charge >= 0.3 is 0 Å². The van der Waals surface area contributed by atoms with E-state index in [1.54, 1.807) is 7.11 Å². The van der Waals surface area contributed by atoms with E-state index in [9.17, 15) is 5.11 Å². The molecular weight excluding hydrogens is 344 g/mol. The highest BCUT2D eigenvalue weighted by Crippen LogP contribution is 2.48. The van der Waals surface area contributed by atoms with Crippen molar-refractivity contribution < 1.29 is 9.84 Å². The summed E-state index contributed by atoms with van der Waals surface area (Å²) in [4.78, 5) is 0. The van der Waals surface area contributed by atoms with Crippen LogP contribution in [0.15, 0.2) is 72.8 Å². The van der Waals surface area contributed by atoms with Gasteiger partial charge < -0.3 is 9.84 Å². The molecule has 2 nitrogen and oxygen atoms in total. The fraction of sp³-hybridized carbons (Fsp3) is 0.308. The highest BCUT2D eigenvalue weighted by Gasteiger charge is 2.48. The summed E-state index contributed by atoms with van der Waals surface area (Å²) in [5.41, 5.74) is 5.72. The van der Waals surface area contributed by atoms with Crippen LogP contribution in [0.1, 0.15) is 27.8 Å². The number of methoxy groups -OCH3 is 1. The molecule has 142 valence electrons. The molecule has 28 heavy (non-hydrogen) atoms. The minimum atomic E-state index is -0.857. The standard InChI is InChI=1S/C26H26O2/c1-28-25-12-10-22(11-13-25)26(27)23-14-18-6-2-3-7-19(18)15-24(26)17-21-9-5-4-8-20(21)16-23/h2-13,23-24,27H,14-17H2,1H3. The molecule has 0 aliphatic heterocycles. The minimum absolute atomic E-state index is 0.151. The highest BCUT2D eigenvalue weighted by atomic mass is 16.5. The van der Waals surface area contributed by atoms with E-state index in [4.69, 9.17) is 4.74 Å². The van der Waals surface area contributed by atoms with E-state index in [1.165, 1.54) is 22.3 Å². The number of ether oxygens (including phenoxy) is 1. The van der Waals surface area contributed by atoms with Gasteiger partial charge in [0.1, 0.15) is 5.75 Å². The third-order valence-electron chi connectivity index (χ3n) is 6.90. The van der Waals surface area contributed by atoms with Crippen LogP contribution in [0.5, 0.6) is 5.75 Å². The molecule has 0 spiro atoms. The molecule has 0 saturated carbocycles. The lowest BCUT2D eigenvalue weighted by Gasteiger charge is -2.40. The van der Waals surface area contributed by atoms with E-state index in [0.717, 1.165) is 37.0 Å². The Hall–Kier alpha value is -2.58. The molecule has 0 heterocycles. The molecular formula is C26H26O2. The Kier molecular flexibility index (Phi) is 4.25. The molecule has 3 aromatic carbocycles. The van der Waals surface area contributed by atoms with Crippen LogP contribution in [-0.2, 0) is 31.3 Å². The van der Waals surface area contributed by atoms with Crippen molar-refractivity contribution in [3.05, 3.63) is 101 Å². The van der Waals surface area contributed by atoms with Crippen LogP contribution in [0, 0.1) is 11.8 Å². The quantitative estimate of drug-likeness (QED) is 0.708. The Morgan fingerprint density at radius 2 is 1.07 bits per heavy atom. The van der Waals surface area contributed by atoms with Gasteiger partial charge in [0.25, 0.3) is 0 Å². The summed E-state index contributed by atoms with van der Waals surface area (Å²) in [6.07, 6.45) is 3.63. The van der Waals surface area contributed by atoms with Crippen LogP contribution < -0.4 is 4.74 Å². The Labute approximate surface area is 166 Å². The maximum Gasteiger partial charge on any atom is 0.118 e. The summed E-state index contributed by atoms with van der Waals surface area (Å²) >= 11 is 0. The first kappa shape index (κ1) is 17.5. The number of benzene rings is 3. The molecule has 5 rings (SSSR count). The smallest absolute Gasteiger partial charge is 0.118 e. The van der Waals surface area contributed by atoms with Crippen molar-refractivity contribution in [2.24, 2.45) is 11.8 Å². The molecule has 2 bridgehead atoms. The molecule has 0 unspecified atom stereocenters. The number of hydrogen-bond donors (Lipinski definition) is 1. The van der Waals surface area contributed by atoms with Gasteiger partial charge in [0.2, 0.25) is 0 Å². The monoisotopic (exact) mass is 370 g/mol. The lowest BCUT2D eigenvalue weighted by molar-refractivity contribution is -0.0712. The van der Waals surface area contributed by atoms with Crippen LogP contribution >= 0.6 is 0 Å². The van der Waals surface area contributed by atoms with Crippen LogP contribution in [0.2, 0.25) is 0 Å². The molecule has 0 saturated heterocycles. The number of hydrogen-bond acceptors (Lipinski definition) is 2. The Balaban J connectivity index is 1.67. The lowest BCUT2D eigenvalue weighted by atomic mass is 9.70. The topological polar surface area (TPSA) is 29.5 Å². The second-order valence-electron chi connectivity index (χ2n) is 8.30. The van der Waals surface area contributed by atoms with Crippen molar-refractivity contribution >= 4 is 0 Å². The summed E-state index contributed by atoms with van der Waals surface area (Å²) in [6.45, 7) is 0. The zero-order chi connectivity index (χ0) is 19.1. The maximum atomic E-state index is 12.3. The fourth-order valence-corrected chi connectivity index (χ4v) is 5.40. The van der Waals surface area contributed by atoms with E-state index >= 15 is 0 Å². The van der Waals surface area contributed by atoms with Crippen LogP contribution in [0.25, 0.3) is 0 Å². The Bertz CT molecular complexity index is 884. The number of aliphatic hydroxyl groups is 1. The average molecular weight is 370 g/mol. The van der Waals surface area contributed by atoms with E-state index in [-0.39, 0.29) is 11.8 Å². The molecule has 2 aliphatic rings. The minimum Gasteiger partial charge on any atom is -0.497 e. The molecule has 2 aliphatic carbocycles. The molecule has 0 aromatic heterocycles. The third-order valence-corrected chi connectivity index (χ3v) is 6.90.